The predicted octanol–water partition coefficient (Wildman–Crippen LogP) is 2.91. The highest BCUT2D eigenvalue weighted by molar-refractivity contribution is 6.00. The minimum atomic E-state index is -1.47. The minimum absolute atomic E-state index is 0.0743. The molecule has 1 aliphatic heterocycles. The van der Waals surface area contributed by atoms with E-state index >= 15 is 0 Å². The molecule has 146 valence electrons. The summed E-state index contributed by atoms with van der Waals surface area (Å²) in [5, 5.41) is 11.4. The van der Waals surface area contributed by atoms with Crippen LogP contribution in [0.15, 0.2) is 54.6 Å². The van der Waals surface area contributed by atoms with Crippen molar-refractivity contribution in [2.45, 2.75) is 32.2 Å². The van der Waals surface area contributed by atoms with Crippen LogP contribution < -0.4 is 10.2 Å². The fourth-order valence-electron chi connectivity index (χ4n) is 3.04. The summed E-state index contributed by atoms with van der Waals surface area (Å²) in [6.07, 6.45) is -2.95. The first-order valence-corrected chi connectivity index (χ1v) is 8.73. The van der Waals surface area contributed by atoms with Crippen LogP contribution in [-0.2, 0) is 27.3 Å². The highest BCUT2D eigenvalue weighted by atomic mass is 16.7. The van der Waals surface area contributed by atoms with Crippen LogP contribution >= 0.6 is 0 Å². The standard InChI is InChI=1S/C20H20N2O6/c1-13(21-19(24)27-12-14-7-3-2-4-8-14)18(23)22-16-10-6-5-9-15(16)11-17(22)28-20(25)26/h2-10,13,17H,11-12H2,1H3,(H,21,24)(H,25,26)/t13-,17-/m0/s1. The zero-order valence-electron chi connectivity index (χ0n) is 15.2. The summed E-state index contributed by atoms with van der Waals surface area (Å²) < 4.78 is 9.99. The van der Waals surface area contributed by atoms with Gasteiger partial charge in [0.05, 0.1) is 5.69 Å². The molecule has 2 N–H and O–H groups in total. The summed E-state index contributed by atoms with van der Waals surface area (Å²) in [5.74, 6) is -0.493. The fraction of sp³-hybridized carbons (Fsp3) is 0.250. The van der Waals surface area contributed by atoms with Crippen molar-refractivity contribution >= 4 is 23.8 Å². The first-order chi connectivity index (χ1) is 13.5. The Bertz CT molecular complexity index is 870. The van der Waals surface area contributed by atoms with Crippen LogP contribution in [-0.4, -0.2) is 35.5 Å². The molecule has 0 fully saturated rings. The van der Waals surface area contributed by atoms with Crippen LogP contribution in [0, 0.1) is 0 Å². The van der Waals surface area contributed by atoms with Gasteiger partial charge in [-0.15, -0.1) is 0 Å². The van der Waals surface area contributed by atoms with E-state index in [-0.39, 0.29) is 13.0 Å². The monoisotopic (exact) mass is 384 g/mol. The van der Waals surface area contributed by atoms with Gasteiger partial charge >= 0.3 is 12.2 Å². The van der Waals surface area contributed by atoms with E-state index in [1.807, 2.05) is 30.3 Å². The van der Waals surface area contributed by atoms with Gasteiger partial charge in [0, 0.05) is 6.42 Å². The molecular weight excluding hydrogens is 364 g/mol. The molecule has 8 heteroatoms. The van der Waals surface area contributed by atoms with E-state index in [0.717, 1.165) is 11.1 Å². The van der Waals surface area contributed by atoms with Gasteiger partial charge in [0.1, 0.15) is 12.6 Å². The van der Waals surface area contributed by atoms with Crippen molar-refractivity contribution in [3.8, 4) is 0 Å². The van der Waals surface area contributed by atoms with Crippen LogP contribution in [0.25, 0.3) is 0 Å². The van der Waals surface area contributed by atoms with Crippen molar-refractivity contribution in [2.24, 2.45) is 0 Å². The Hall–Kier alpha value is -3.55. The molecule has 2 aromatic carbocycles. The Morgan fingerprint density at radius 3 is 2.54 bits per heavy atom. The maximum Gasteiger partial charge on any atom is 0.507 e. The highest BCUT2D eigenvalue weighted by Gasteiger charge is 2.38. The number of para-hydroxylation sites is 1. The second kappa shape index (κ2) is 8.43. The summed E-state index contributed by atoms with van der Waals surface area (Å²) in [6.45, 7) is 1.58. The van der Waals surface area contributed by atoms with Gasteiger partial charge in [-0.3, -0.25) is 9.69 Å². The zero-order valence-corrected chi connectivity index (χ0v) is 15.2. The third kappa shape index (κ3) is 4.40. The van der Waals surface area contributed by atoms with Gasteiger partial charge in [0.15, 0.2) is 6.23 Å². The number of nitrogens with zero attached hydrogens (tertiary/aromatic N) is 1. The molecule has 0 spiro atoms. The molecule has 0 saturated carbocycles. The van der Waals surface area contributed by atoms with Gasteiger partial charge in [0.2, 0.25) is 0 Å². The highest BCUT2D eigenvalue weighted by Crippen LogP contribution is 2.33. The number of carbonyl (C=O) groups excluding carboxylic acids is 2. The van der Waals surface area contributed by atoms with E-state index < -0.39 is 30.4 Å². The van der Waals surface area contributed by atoms with Crippen LogP contribution in [0.1, 0.15) is 18.1 Å². The summed E-state index contributed by atoms with van der Waals surface area (Å²) in [7, 11) is 0. The lowest BCUT2D eigenvalue weighted by Crippen LogP contribution is -2.50. The van der Waals surface area contributed by atoms with E-state index in [0.29, 0.717) is 5.69 Å². The smallest absolute Gasteiger partial charge is 0.450 e. The number of fused-ring (bicyclic) bond motifs is 1. The van der Waals surface area contributed by atoms with E-state index in [1.54, 1.807) is 24.3 Å². The maximum absolute atomic E-state index is 12.9. The summed E-state index contributed by atoms with van der Waals surface area (Å²) >= 11 is 0. The number of amides is 2. The number of alkyl carbamates (subject to hydrolysis) is 1. The Morgan fingerprint density at radius 1 is 1.14 bits per heavy atom. The van der Waals surface area contributed by atoms with Crippen LogP contribution in [0.4, 0.5) is 15.3 Å². The predicted molar refractivity (Wildman–Crippen MR) is 99.8 cm³/mol. The SMILES string of the molecule is C[C@H](NC(=O)OCc1ccccc1)C(=O)N1c2ccccc2C[C@@H]1OC(=O)O. The molecule has 8 nitrogen and oxygen atoms in total. The molecule has 2 amide bonds. The van der Waals surface area contributed by atoms with E-state index in [4.69, 9.17) is 14.6 Å². The third-order valence-electron chi connectivity index (χ3n) is 4.33. The van der Waals surface area contributed by atoms with Crippen molar-refractivity contribution in [1.29, 1.82) is 0 Å². The molecule has 0 saturated heterocycles. The first-order valence-electron chi connectivity index (χ1n) is 8.73. The van der Waals surface area contributed by atoms with Crippen LogP contribution in [0.2, 0.25) is 0 Å². The molecule has 0 bridgehead atoms. The molecule has 28 heavy (non-hydrogen) atoms. The molecule has 1 aliphatic rings. The minimum Gasteiger partial charge on any atom is -0.450 e. The number of hydrogen-bond donors (Lipinski definition) is 2. The number of carbonyl (C=O) groups is 3. The number of anilines is 1. The van der Waals surface area contributed by atoms with Crippen LogP contribution in [0.5, 0.6) is 0 Å². The van der Waals surface area contributed by atoms with Gasteiger partial charge in [-0.05, 0) is 24.1 Å². The third-order valence-corrected chi connectivity index (χ3v) is 4.33. The molecule has 2 atom stereocenters. The second-order valence-electron chi connectivity index (χ2n) is 6.31. The summed E-state index contributed by atoms with van der Waals surface area (Å²) in [4.78, 5) is 37.2. The average molecular weight is 384 g/mol. The normalized spacial score (nSPS) is 16.0. The lowest BCUT2D eigenvalue weighted by molar-refractivity contribution is -0.122. The molecular formula is C20H20N2O6. The Morgan fingerprint density at radius 2 is 1.82 bits per heavy atom. The summed E-state index contributed by atoms with van der Waals surface area (Å²) in [6, 6.07) is 15.3. The largest absolute Gasteiger partial charge is 0.507 e. The number of hydrogen-bond acceptors (Lipinski definition) is 5. The van der Waals surface area contributed by atoms with Gasteiger partial charge in [0.25, 0.3) is 5.91 Å². The lowest BCUT2D eigenvalue weighted by Gasteiger charge is -2.27. The molecule has 0 aliphatic carbocycles. The van der Waals surface area contributed by atoms with Crippen molar-refractivity contribution in [2.75, 3.05) is 4.90 Å². The molecule has 0 aromatic heterocycles. The Balaban J connectivity index is 1.65. The zero-order chi connectivity index (χ0) is 20.1. The number of rotatable bonds is 5. The van der Waals surface area contributed by atoms with Crippen molar-refractivity contribution in [1.82, 2.24) is 5.32 Å². The molecule has 0 unspecified atom stereocenters. The van der Waals surface area contributed by atoms with Gasteiger partial charge in [-0.2, -0.15) is 0 Å². The average Bonchev–Trinajstić information content (AvgIpc) is 3.03. The van der Waals surface area contributed by atoms with Crippen molar-refractivity contribution < 1.29 is 29.0 Å². The lowest BCUT2D eigenvalue weighted by atomic mass is 10.2. The molecule has 1 heterocycles. The van der Waals surface area contributed by atoms with Gasteiger partial charge < -0.3 is 19.9 Å². The second-order valence-corrected chi connectivity index (χ2v) is 6.31. The van der Waals surface area contributed by atoms with E-state index in [9.17, 15) is 14.4 Å². The Kier molecular flexibility index (Phi) is 5.78. The fourth-order valence-corrected chi connectivity index (χ4v) is 3.04. The van der Waals surface area contributed by atoms with Crippen molar-refractivity contribution in [3.05, 3.63) is 65.7 Å². The summed E-state index contributed by atoms with van der Waals surface area (Å²) in [5.41, 5.74) is 2.17. The number of benzene rings is 2. The Labute approximate surface area is 161 Å². The van der Waals surface area contributed by atoms with Gasteiger partial charge in [-0.1, -0.05) is 48.5 Å². The van der Waals surface area contributed by atoms with Crippen molar-refractivity contribution in [3.63, 3.8) is 0 Å². The molecule has 0 radical (unpaired) electrons. The van der Waals surface area contributed by atoms with Crippen LogP contribution in [0.3, 0.4) is 0 Å². The number of carboxylic acid groups (broad SMARTS) is 1. The molecule has 2 aromatic rings. The van der Waals surface area contributed by atoms with Gasteiger partial charge in [-0.25, -0.2) is 9.59 Å². The first kappa shape index (κ1) is 19.2. The quantitative estimate of drug-likeness (QED) is 0.768. The topological polar surface area (TPSA) is 105 Å². The molecule has 3 rings (SSSR count). The number of ether oxygens (including phenoxy) is 2. The number of nitrogens with one attached hydrogen (secondary N) is 1. The van der Waals surface area contributed by atoms with E-state index in [2.05, 4.69) is 5.32 Å². The van der Waals surface area contributed by atoms with E-state index in [1.165, 1.54) is 11.8 Å². The maximum atomic E-state index is 12.9.